The summed E-state index contributed by atoms with van der Waals surface area (Å²) in [6.45, 7) is 2.85. The summed E-state index contributed by atoms with van der Waals surface area (Å²) in [5, 5.41) is 9.19. The molecule has 1 fully saturated rings. The van der Waals surface area contributed by atoms with Crippen molar-refractivity contribution in [3.8, 4) is 6.07 Å². The molecule has 0 amide bonds. The molecule has 1 saturated heterocycles. The molecule has 0 aliphatic carbocycles. The van der Waals surface area contributed by atoms with Crippen LogP contribution in [0.5, 0.6) is 0 Å². The van der Waals surface area contributed by atoms with E-state index < -0.39 is 15.3 Å². The van der Waals surface area contributed by atoms with Gasteiger partial charge in [-0.1, -0.05) is 6.42 Å². The van der Waals surface area contributed by atoms with Gasteiger partial charge in [-0.2, -0.15) is 5.26 Å². The minimum atomic E-state index is -3.50. The van der Waals surface area contributed by atoms with Crippen molar-refractivity contribution in [2.45, 2.75) is 31.4 Å². The van der Waals surface area contributed by atoms with Crippen LogP contribution in [0.2, 0.25) is 0 Å². The molecule has 1 heterocycles. The normalized spacial score (nSPS) is 21.4. The van der Waals surface area contributed by atoms with Crippen LogP contribution in [0.25, 0.3) is 0 Å². The molecule has 1 unspecified atom stereocenters. The van der Waals surface area contributed by atoms with E-state index in [-0.39, 0.29) is 0 Å². The molecule has 1 rings (SSSR count). The highest BCUT2D eigenvalue weighted by Crippen LogP contribution is 2.08. The lowest BCUT2D eigenvalue weighted by Gasteiger charge is -2.26. The number of hydrogen-bond acceptors (Lipinski definition) is 4. The predicted molar refractivity (Wildman–Crippen MR) is 52.6 cm³/mol. The summed E-state index contributed by atoms with van der Waals surface area (Å²) < 4.78 is 22.9. The van der Waals surface area contributed by atoms with Crippen molar-refractivity contribution in [2.75, 3.05) is 13.1 Å². The molecule has 80 valence electrons. The number of nitriles is 1. The van der Waals surface area contributed by atoms with Gasteiger partial charge >= 0.3 is 0 Å². The monoisotopic (exact) mass is 217 g/mol. The zero-order valence-corrected chi connectivity index (χ0v) is 9.05. The van der Waals surface area contributed by atoms with Crippen molar-refractivity contribution in [1.82, 2.24) is 9.84 Å². The lowest BCUT2D eigenvalue weighted by Crippen LogP contribution is -2.47. The number of nitrogens with zero attached hydrogens (tertiary/aromatic N) is 2. The van der Waals surface area contributed by atoms with Crippen LogP contribution < -0.4 is 4.83 Å². The van der Waals surface area contributed by atoms with E-state index in [0.29, 0.717) is 0 Å². The Hall–Kier alpha value is -0.640. The van der Waals surface area contributed by atoms with Crippen LogP contribution in [0.4, 0.5) is 0 Å². The molecular formula is C8H15N3O2S. The Labute approximate surface area is 84.7 Å². The number of piperidine rings is 1. The van der Waals surface area contributed by atoms with Gasteiger partial charge in [0.1, 0.15) is 0 Å². The standard InChI is InChI=1S/C8H15N3O2S/c1-8(7-9)14(12,13)10-11-5-3-2-4-6-11/h8,10H,2-6H2,1H3. The quantitative estimate of drug-likeness (QED) is 0.734. The van der Waals surface area contributed by atoms with Crippen molar-refractivity contribution in [3.63, 3.8) is 0 Å². The van der Waals surface area contributed by atoms with Crippen molar-refractivity contribution in [3.05, 3.63) is 0 Å². The number of sulfonamides is 1. The van der Waals surface area contributed by atoms with Crippen LogP contribution in [0.1, 0.15) is 26.2 Å². The molecular weight excluding hydrogens is 202 g/mol. The Bertz CT molecular complexity index is 314. The first-order chi connectivity index (χ1) is 6.56. The first-order valence-corrected chi connectivity index (χ1v) is 6.27. The summed E-state index contributed by atoms with van der Waals surface area (Å²) in [6, 6.07) is 1.72. The summed E-state index contributed by atoms with van der Waals surface area (Å²) in [5.41, 5.74) is 0. The van der Waals surface area contributed by atoms with Crippen LogP contribution in [0, 0.1) is 11.3 Å². The number of rotatable bonds is 3. The SMILES string of the molecule is CC(C#N)S(=O)(=O)NN1CCCCC1. The molecule has 1 atom stereocenters. The molecule has 0 aromatic carbocycles. The van der Waals surface area contributed by atoms with E-state index in [2.05, 4.69) is 4.83 Å². The van der Waals surface area contributed by atoms with E-state index in [1.165, 1.54) is 6.92 Å². The Morgan fingerprint density at radius 2 is 1.93 bits per heavy atom. The fourth-order valence-corrected chi connectivity index (χ4v) is 2.15. The van der Waals surface area contributed by atoms with E-state index in [4.69, 9.17) is 5.26 Å². The first-order valence-electron chi connectivity index (χ1n) is 4.72. The third-order valence-corrected chi connectivity index (χ3v) is 3.81. The third-order valence-electron chi connectivity index (χ3n) is 2.26. The minimum Gasteiger partial charge on any atom is -0.231 e. The minimum absolute atomic E-state index is 0.734. The van der Waals surface area contributed by atoms with Gasteiger partial charge < -0.3 is 0 Å². The Kier molecular flexibility index (Phi) is 3.86. The number of nitrogens with one attached hydrogen (secondary N) is 1. The van der Waals surface area contributed by atoms with Gasteiger partial charge in [0, 0.05) is 13.1 Å². The third kappa shape index (κ3) is 2.94. The molecule has 0 aromatic heterocycles. The molecule has 1 aliphatic heterocycles. The molecule has 6 heteroatoms. The Balaban J connectivity index is 2.54. The van der Waals surface area contributed by atoms with Gasteiger partial charge in [-0.05, 0) is 19.8 Å². The van der Waals surface area contributed by atoms with Crippen molar-refractivity contribution < 1.29 is 8.42 Å². The second kappa shape index (κ2) is 4.73. The van der Waals surface area contributed by atoms with E-state index in [9.17, 15) is 8.42 Å². The van der Waals surface area contributed by atoms with Crippen LogP contribution in [0.3, 0.4) is 0 Å². The van der Waals surface area contributed by atoms with E-state index >= 15 is 0 Å². The summed E-state index contributed by atoms with van der Waals surface area (Å²) in [5.74, 6) is 0. The number of hydrazine groups is 1. The molecule has 14 heavy (non-hydrogen) atoms. The highest BCUT2D eigenvalue weighted by molar-refractivity contribution is 7.90. The fraction of sp³-hybridized carbons (Fsp3) is 0.875. The van der Waals surface area contributed by atoms with Crippen molar-refractivity contribution in [1.29, 1.82) is 5.26 Å². The zero-order chi connectivity index (χ0) is 10.6. The highest BCUT2D eigenvalue weighted by Gasteiger charge is 2.23. The van der Waals surface area contributed by atoms with Crippen molar-refractivity contribution >= 4 is 10.0 Å². The van der Waals surface area contributed by atoms with Gasteiger partial charge in [0.05, 0.1) is 6.07 Å². The van der Waals surface area contributed by atoms with E-state index in [1.807, 2.05) is 0 Å². The van der Waals surface area contributed by atoms with Gasteiger partial charge in [-0.25, -0.2) is 13.4 Å². The molecule has 5 nitrogen and oxygen atoms in total. The predicted octanol–water partition coefficient (Wildman–Crippen LogP) is 0.219. The van der Waals surface area contributed by atoms with Gasteiger partial charge in [-0.3, -0.25) is 0 Å². The molecule has 0 bridgehead atoms. The van der Waals surface area contributed by atoms with Crippen LogP contribution in [-0.4, -0.2) is 31.8 Å². The second-order valence-corrected chi connectivity index (χ2v) is 5.44. The molecule has 0 spiro atoms. The molecule has 0 radical (unpaired) electrons. The number of hydrogen-bond donors (Lipinski definition) is 1. The lowest BCUT2D eigenvalue weighted by molar-refractivity contribution is 0.199. The summed E-state index contributed by atoms with van der Waals surface area (Å²) in [6.07, 6.45) is 3.15. The van der Waals surface area contributed by atoms with E-state index in [0.717, 1.165) is 32.4 Å². The average Bonchev–Trinajstić information content (AvgIpc) is 2.17. The maximum absolute atomic E-state index is 11.5. The summed E-state index contributed by atoms with van der Waals surface area (Å²) >= 11 is 0. The van der Waals surface area contributed by atoms with Gasteiger partial charge in [0.2, 0.25) is 10.0 Å². The molecule has 0 saturated carbocycles. The van der Waals surface area contributed by atoms with Gasteiger partial charge in [0.15, 0.2) is 5.25 Å². The maximum Gasteiger partial charge on any atom is 0.240 e. The van der Waals surface area contributed by atoms with Gasteiger partial charge in [0.25, 0.3) is 0 Å². The molecule has 0 aromatic rings. The summed E-state index contributed by atoms with van der Waals surface area (Å²) in [4.78, 5) is 2.43. The van der Waals surface area contributed by atoms with Crippen molar-refractivity contribution in [2.24, 2.45) is 0 Å². The van der Waals surface area contributed by atoms with E-state index in [1.54, 1.807) is 11.1 Å². The molecule has 1 aliphatic rings. The van der Waals surface area contributed by atoms with Crippen LogP contribution in [-0.2, 0) is 10.0 Å². The first kappa shape index (κ1) is 11.4. The molecule has 1 N–H and O–H groups in total. The lowest BCUT2D eigenvalue weighted by atomic mass is 10.2. The second-order valence-electron chi connectivity index (χ2n) is 3.46. The largest absolute Gasteiger partial charge is 0.240 e. The Morgan fingerprint density at radius 1 is 1.36 bits per heavy atom. The average molecular weight is 217 g/mol. The zero-order valence-electron chi connectivity index (χ0n) is 8.23. The summed E-state index contributed by atoms with van der Waals surface area (Å²) in [7, 11) is -3.50. The fourth-order valence-electron chi connectivity index (χ4n) is 1.31. The topological polar surface area (TPSA) is 73.2 Å². The van der Waals surface area contributed by atoms with Crippen LogP contribution in [0.15, 0.2) is 0 Å². The highest BCUT2D eigenvalue weighted by atomic mass is 32.2. The van der Waals surface area contributed by atoms with Crippen LogP contribution >= 0.6 is 0 Å². The van der Waals surface area contributed by atoms with Gasteiger partial charge in [-0.15, -0.1) is 4.83 Å². The smallest absolute Gasteiger partial charge is 0.231 e. The Morgan fingerprint density at radius 3 is 2.43 bits per heavy atom. The maximum atomic E-state index is 11.5.